The van der Waals surface area contributed by atoms with E-state index in [0.29, 0.717) is 18.8 Å². The Morgan fingerprint density at radius 2 is 1.84 bits per heavy atom. The van der Waals surface area contributed by atoms with Gasteiger partial charge in [-0.05, 0) is 37.0 Å². The number of carbonyl (C=O) groups is 1. The minimum Gasteiger partial charge on any atom is -0.335 e. The molecule has 2 aromatic carbocycles. The van der Waals surface area contributed by atoms with Gasteiger partial charge in [-0.15, -0.1) is 11.3 Å². The lowest BCUT2D eigenvalue weighted by Gasteiger charge is -2.35. The maximum Gasteiger partial charge on any atom is 0.274 e. The zero-order valence-electron chi connectivity index (χ0n) is 17.5. The Balaban J connectivity index is 1.37. The molecule has 5 nitrogen and oxygen atoms in total. The van der Waals surface area contributed by atoms with E-state index in [1.54, 1.807) is 17.6 Å². The highest BCUT2D eigenvalue weighted by Gasteiger charge is 2.30. The summed E-state index contributed by atoms with van der Waals surface area (Å²) in [6.45, 7) is 1.41. The first-order valence-corrected chi connectivity index (χ1v) is 11.6. The van der Waals surface area contributed by atoms with Crippen LogP contribution in [0, 0.1) is 5.82 Å². The Morgan fingerprint density at radius 1 is 1.03 bits per heavy atom. The standard InChI is InChI=1S/C25H23FN4OS/c26-20-11-9-19(10-12-20)24-23(28-17-32-24)25(31)30-13-5-4-8-21(30)14-29-15-22(27-16-29)18-6-2-1-3-7-18/h1-3,6-7,9-12,15-17,21H,4-5,8,13-14H2. The minimum absolute atomic E-state index is 0.0568. The van der Waals surface area contributed by atoms with Crippen molar-refractivity contribution in [3.63, 3.8) is 0 Å². The fourth-order valence-electron chi connectivity index (χ4n) is 4.26. The van der Waals surface area contributed by atoms with Gasteiger partial charge < -0.3 is 9.47 Å². The highest BCUT2D eigenvalue weighted by molar-refractivity contribution is 7.13. The highest BCUT2D eigenvalue weighted by Crippen LogP contribution is 2.31. The summed E-state index contributed by atoms with van der Waals surface area (Å²) in [4.78, 5) is 25.2. The van der Waals surface area contributed by atoms with Gasteiger partial charge in [-0.3, -0.25) is 4.79 Å². The third-order valence-corrected chi connectivity index (χ3v) is 6.76. The van der Waals surface area contributed by atoms with Crippen LogP contribution >= 0.6 is 11.3 Å². The maximum atomic E-state index is 13.5. The zero-order chi connectivity index (χ0) is 21.9. The number of rotatable bonds is 5. The predicted molar refractivity (Wildman–Crippen MR) is 124 cm³/mol. The smallest absolute Gasteiger partial charge is 0.274 e. The Bertz CT molecular complexity index is 1200. The van der Waals surface area contributed by atoms with Crippen LogP contribution in [0.5, 0.6) is 0 Å². The van der Waals surface area contributed by atoms with Gasteiger partial charge in [-0.1, -0.05) is 42.5 Å². The molecular weight excluding hydrogens is 423 g/mol. The molecule has 1 aliphatic heterocycles. The fraction of sp³-hybridized carbons (Fsp3) is 0.240. The van der Waals surface area contributed by atoms with E-state index in [1.165, 1.54) is 23.5 Å². The summed E-state index contributed by atoms with van der Waals surface area (Å²) in [5.74, 6) is -0.351. The third kappa shape index (κ3) is 4.21. The monoisotopic (exact) mass is 446 g/mol. The fourth-order valence-corrected chi connectivity index (χ4v) is 5.05. The van der Waals surface area contributed by atoms with E-state index in [0.717, 1.165) is 41.0 Å². The van der Waals surface area contributed by atoms with Crippen molar-refractivity contribution in [3.8, 4) is 21.7 Å². The quantitative estimate of drug-likeness (QED) is 0.406. The number of piperidine rings is 1. The molecule has 0 N–H and O–H groups in total. The number of likely N-dealkylation sites (tertiary alicyclic amines) is 1. The van der Waals surface area contributed by atoms with Gasteiger partial charge in [0.1, 0.15) is 11.5 Å². The number of carbonyl (C=O) groups excluding carboxylic acids is 1. The lowest BCUT2D eigenvalue weighted by atomic mass is 10.0. The third-order valence-electron chi connectivity index (χ3n) is 5.89. The zero-order valence-corrected chi connectivity index (χ0v) is 18.3. The molecule has 1 aliphatic rings. The van der Waals surface area contributed by atoms with Crippen molar-refractivity contribution in [3.05, 3.63) is 84.1 Å². The van der Waals surface area contributed by atoms with Crippen molar-refractivity contribution in [2.45, 2.75) is 31.8 Å². The minimum atomic E-state index is -0.294. The molecule has 1 unspecified atom stereocenters. The first kappa shape index (κ1) is 20.6. The summed E-state index contributed by atoms with van der Waals surface area (Å²) in [6, 6.07) is 16.4. The molecule has 32 heavy (non-hydrogen) atoms. The van der Waals surface area contributed by atoms with Gasteiger partial charge in [0.2, 0.25) is 0 Å². The first-order chi connectivity index (χ1) is 15.7. The summed E-state index contributed by atoms with van der Waals surface area (Å²) in [6.07, 6.45) is 6.90. The SMILES string of the molecule is O=C(c1ncsc1-c1ccc(F)cc1)N1CCCCC1Cn1cnc(-c2ccccc2)c1. The lowest BCUT2D eigenvalue weighted by Crippen LogP contribution is -2.46. The van der Waals surface area contributed by atoms with Crippen LogP contribution in [0.3, 0.4) is 0 Å². The van der Waals surface area contributed by atoms with Crippen molar-refractivity contribution in [2.75, 3.05) is 6.54 Å². The second kappa shape index (κ2) is 9.04. The van der Waals surface area contributed by atoms with Gasteiger partial charge in [0.15, 0.2) is 0 Å². The Morgan fingerprint density at radius 3 is 2.66 bits per heavy atom. The molecule has 0 radical (unpaired) electrons. The molecule has 0 aliphatic carbocycles. The molecule has 7 heteroatoms. The van der Waals surface area contributed by atoms with Crippen molar-refractivity contribution in [1.82, 2.24) is 19.4 Å². The molecule has 3 heterocycles. The van der Waals surface area contributed by atoms with Gasteiger partial charge in [0.25, 0.3) is 5.91 Å². The van der Waals surface area contributed by atoms with E-state index >= 15 is 0 Å². The molecule has 0 spiro atoms. The largest absolute Gasteiger partial charge is 0.335 e. The molecule has 4 aromatic rings. The van der Waals surface area contributed by atoms with Gasteiger partial charge in [0, 0.05) is 30.9 Å². The van der Waals surface area contributed by atoms with Gasteiger partial charge in [-0.25, -0.2) is 14.4 Å². The van der Waals surface area contributed by atoms with Crippen LogP contribution in [0.2, 0.25) is 0 Å². The molecule has 0 bridgehead atoms. The average molecular weight is 447 g/mol. The summed E-state index contributed by atoms with van der Waals surface area (Å²) in [7, 11) is 0. The second-order valence-corrected chi connectivity index (χ2v) is 8.86. The molecule has 0 saturated carbocycles. The molecule has 1 amide bonds. The van der Waals surface area contributed by atoms with E-state index in [-0.39, 0.29) is 17.8 Å². The number of nitrogens with zero attached hydrogens (tertiary/aromatic N) is 4. The van der Waals surface area contributed by atoms with Crippen molar-refractivity contribution in [2.24, 2.45) is 0 Å². The second-order valence-electron chi connectivity index (χ2n) is 8.01. The highest BCUT2D eigenvalue weighted by atomic mass is 32.1. The van der Waals surface area contributed by atoms with Crippen LogP contribution in [0.15, 0.2) is 72.6 Å². The van der Waals surface area contributed by atoms with E-state index in [1.807, 2.05) is 47.8 Å². The van der Waals surface area contributed by atoms with Gasteiger partial charge in [-0.2, -0.15) is 0 Å². The number of hydrogen-bond acceptors (Lipinski definition) is 4. The van der Waals surface area contributed by atoms with E-state index in [4.69, 9.17) is 0 Å². The number of thiazole rings is 1. The van der Waals surface area contributed by atoms with Crippen molar-refractivity contribution >= 4 is 17.2 Å². The summed E-state index contributed by atoms with van der Waals surface area (Å²) in [5.41, 5.74) is 4.95. The van der Waals surface area contributed by atoms with E-state index in [2.05, 4.69) is 14.5 Å². The molecule has 2 aromatic heterocycles. The normalized spacial score (nSPS) is 16.3. The van der Waals surface area contributed by atoms with Crippen LogP contribution in [-0.2, 0) is 6.54 Å². The van der Waals surface area contributed by atoms with Crippen LogP contribution in [0.1, 0.15) is 29.8 Å². The Kier molecular flexibility index (Phi) is 5.81. The van der Waals surface area contributed by atoms with Crippen LogP contribution in [-0.4, -0.2) is 37.9 Å². The maximum absolute atomic E-state index is 13.5. The van der Waals surface area contributed by atoms with E-state index in [9.17, 15) is 9.18 Å². The molecule has 5 rings (SSSR count). The predicted octanol–water partition coefficient (Wildman–Crippen LogP) is 5.51. The Labute approximate surface area is 190 Å². The van der Waals surface area contributed by atoms with E-state index < -0.39 is 0 Å². The number of aromatic nitrogens is 3. The van der Waals surface area contributed by atoms with Crippen LogP contribution in [0.25, 0.3) is 21.7 Å². The first-order valence-electron chi connectivity index (χ1n) is 10.8. The summed E-state index contributed by atoms with van der Waals surface area (Å²) < 4.78 is 15.4. The van der Waals surface area contributed by atoms with Gasteiger partial charge >= 0.3 is 0 Å². The number of benzene rings is 2. The molecular formula is C25H23FN4OS. The average Bonchev–Trinajstić information content (AvgIpc) is 3.50. The molecule has 1 saturated heterocycles. The van der Waals surface area contributed by atoms with Crippen molar-refractivity contribution in [1.29, 1.82) is 0 Å². The van der Waals surface area contributed by atoms with Crippen molar-refractivity contribution < 1.29 is 9.18 Å². The number of hydrogen-bond donors (Lipinski definition) is 0. The summed E-state index contributed by atoms with van der Waals surface area (Å²) >= 11 is 1.41. The van der Waals surface area contributed by atoms with Crippen LogP contribution < -0.4 is 0 Å². The molecule has 162 valence electrons. The van der Waals surface area contributed by atoms with Crippen LogP contribution in [0.4, 0.5) is 4.39 Å². The topological polar surface area (TPSA) is 51.0 Å². The summed E-state index contributed by atoms with van der Waals surface area (Å²) in [5, 5.41) is 0. The number of amides is 1. The molecule has 1 atom stereocenters. The van der Waals surface area contributed by atoms with Gasteiger partial charge in [0.05, 0.1) is 22.4 Å². The Hall–Kier alpha value is -3.32. The number of imidazole rings is 1. The lowest BCUT2D eigenvalue weighted by molar-refractivity contribution is 0.0584. The molecule has 1 fully saturated rings. The number of halogens is 1.